The van der Waals surface area contributed by atoms with Gasteiger partial charge in [0.1, 0.15) is 11.3 Å². The minimum atomic E-state index is -0.911. The first kappa shape index (κ1) is 12.0. The van der Waals surface area contributed by atoms with Gasteiger partial charge in [0.15, 0.2) is 0 Å². The monoisotopic (exact) mass is 219 g/mol. The summed E-state index contributed by atoms with van der Waals surface area (Å²) in [6.45, 7) is 3.25. The van der Waals surface area contributed by atoms with Gasteiger partial charge in [-0.3, -0.25) is 9.78 Å². The molecule has 0 unspecified atom stereocenters. The van der Waals surface area contributed by atoms with E-state index in [0.29, 0.717) is 11.3 Å². The number of aromatic nitrogens is 1. The van der Waals surface area contributed by atoms with Crippen LogP contribution in [0.3, 0.4) is 0 Å². The Morgan fingerprint density at radius 3 is 2.88 bits per heavy atom. The van der Waals surface area contributed by atoms with Gasteiger partial charge in [-0.1, -0.05) is 0 Å². The van der Waals surface area contributed by atoms with E-state index in [1.807, 2.05) is 6.07 Å². The van der Waals surface area contributed by atoms with Gasteiger partial charge in [-0.05, 0) is 19.9 Å². The maximum absolute atomic E-state index is 11.8. The molecule has 0 spiro atoms. The van der Waals surface area contributed by atoms with Crippen molar-refractivity contribution in [2.45, 2.75) is 19.4 Å². The Bertz CT molecular complexity index is 435. The van der Waals surface area contributed by atoms with Crippen LogP contribution in [0.25, 0.3) is 0 Å². The third-order valence-corrected chi connectivity index (χ3v) is 1.95. The van der Waals surface area contributed by atoms with Gasteiger partial charge in [-0.15, -0.1) is 0 Å². The van der Waals surface area contributed by atoms with Gasteiger partial charge in [0, 0.05) is 6.20 Å². The van der Waals surface area contributed by atoms with Crippen molar-refractivity contribution in [2.24, 2.45) is 0 Å². The van der Waals surface area contributed by atoms with Gasteiger partial charge in [0.2, 0.25) is 0 Å². The molecule has 0 aromatic carbocycles. The zero-order chi connectivity index (χ0) is 12.2. The number of nitrogens with one attached hydrogen (secondary N) is 1. The summed E-state index contributed by atoms with van der Waals surface area (Å²) in [5.41, 5.74) is -0.549. The maximum Gasteiger partial charge on any atom is 0.256 e. The van der Waals surface area contributed by atoms with Crippen LogP contribution in [0, 0.1) is 11.3 Å². The number of carbonyl (C=O) groups is 1. The number of carbonyl (C=O) groups excluding carboxylic acids is 1. The third kappa shape index (κ3) is 2.70. The molecule has 84 valence electrons. The Kier molecular flexibility index (Phi) is 3.46. The Balaban J connectivity index is 2.94. The highest BCUT2D eigenvalue weighted by molar-refractivity contribution is 5.97. The first-order valence-corrected chi connectivity index (χ1v) is 4.72. The normalized spacial score (nSPS) is 10.4. The second-order valence-electron chi connectivity index (χ2n) is 3.77. The van der Waals surface area contributed by atoms with E-state index in [1.165, 1.54) is 19.5 Å². The predicted molar refractivity (Wildman–Crippen MR) is 57.9 cm³/mol. The van der Waals surface area contributed by atoms with E-state index in [1.54, 1.807) is 19.9 Å². The molecule has 1 rings (SSSR count). The summed E-state index contributed by atoms with van der Waals surface area (Å²) >= 11 is 0. The molecule has 1 heterocycles. The lowest BCUT2D eigenvalue weighted by atomic mass is 10.1. The van der Waals surface area contributed by atoms with Crippen LogP contribution in [0.5, 0.6) is 5.75 Å². The first-order chi connectivity index (χ1) is 7.50. The fraction of sp³-hybridized carbons (Fsp3) is 0.364. The minimum Gasteiger partial charge on any atom is -0.494 e. The highest BCUT2D eigenvalue weighted by Crippen LogP contribution is 2.16. The number of nitriles is 1. The number of nitrogens with zero attached hydrogens (tertiary/aromatic N) is 2. The topological polar surface area (TPSA) is 75.0 Å². The van der Waals surface area contributed by atoms with Crippen LogP contribution in [0.1, 0.15) is 24.2 Å². The SMILES string of the molecule is COc1cnccc1C(=O)NC(C)(C)C#N. The highest BCUT2D eigenvalue weighted by Gasteiger charge is 2.22. The van der Waals surface area contributed by atoms with Gasteiger partial charge in [0.05, 0.1) is 24.9 Å². The summed E-state index contributed by atoms with van der Waals surface area (Å²) in [6.07, 6.45) is 2.95. The molecule has 1 aromatic heterocycles. The van der Waals surface area contributed by atoms with E-state index in [2.05, 4.69) is 10.3 Å². The molecule has 16 heavy (non-hydrogen) atoms. The van der Waals surface area contributed by atoms with Crippen LogP contribution < -0.4 is 10.1 Å². The van der Waals surface area contributed by atoms with Crippen molar-refractivity contribution in [3.63, 3.8) is 0 Å². The van der Waals surface area contributed by atoms with Gasteiger partial charge >= 0.3 is 0 Å². The van der Waals surface area contributed by atoms with Gasteiger partial charge in [-0.25, -0.2) is 0 Å². The van der Waals surface area contributed by atoms with Crippen LogP contribution in [0.2, 0.25) is 0 Å². The molecule has 1 N–H and O–H groups in total. The number of ether oxygens (including phenoxy) is 1. The van der Waals surface area contributed by atoms with Crippen LogP contribution in [0.4, 0.5) is 0 Å². The zero-order valence-corrected chi connectivity index (χ0v) is 9.44. The Hall–Kier alpha value is -2.09. The number of pyridine rings is 1. The van der Waals surface area contributed by atoms with Gasteiger partial charge in [0.25, 0.3) is 5.91 Å². The average Bonchev–Trinajstić information content (AvgIpc) is 2.28. The standard InChI is InChI=1S/C11H13N3O2/c1-11(2,7-12)14-10(15)8-4-5-13-6-9(8)16-3/h4-6H,1-3H3,(H,14,15). The van der Waals surface area contributed by atoms with Gasteiger partial charge < -0.3 is 10.1 Å². The number of amides is 1. The maximum atomic E-state index is 11.8. The molecule has 0 aliphatic carbocycles. The lowest BCUT2D eigenvalue weighted by Gasteiger charge is -2.18. The van der Waals surface area contributed by atoms with E-state index < -0.39 is 5.54 Å². The number of rotatable bonds is 3. The summed E-state index contributed by atoms with van der Waals surface area (Å²) in [5.74, 6) is 0.0274. The average molecular weight is 219 g/mol. The molecule has 0 bridgehead atoms. The van der Waals surface area contributed by atoms with Crippen molar-refractivity contribution in [1.29, 1.82) is 5.26 Å². The van der Waals surface area contributed by atoms with Crippen LogP contribution in [-0.2, 0) is 0 Å². The van der Waals surface area contributed by atoms with Crippen molar-refractivity contribution in [3.05, 3.63) is 24.0 Å². The highest BCUT2D eigenvalue weighted by atomic mass is 16.5. The number of hydrogen-bond acceptors (Lipinski definition) is 4. The van der Waals surface area contributed by atoms with Crippen molar-refractivity contribution in [2.75, 3.05) is 7.11 Å². The van der Waals surface area contributed by atoms with Crippen LogP contribution in [0.15, 0.2) is 18.5 Å². The van der Waals surface area contributed by atoms with E-state index in [9.17, 15) is 4.79 Å². The molecule has 0 atom stereocenters. The van der Waals surface area contributed by atoms with Crippen LogP contribution in [-0.4, -0.2) is 23.5 Å². The summed E-state index contributed by atoms with van der Waals surface area (Å²) in [4.78, 5) is 15.7. The van der Waals surface area contributed by atoms with E-state index in [4.69, 9.17) is 10.00 Å². The molecule has 5 heteroatoms. The smallest absolute Gasteiger partial charge is 0.256 e. The molecular formula is C11H13N3O2. The molecule has 0 radical (unpaired) electrons. The Labute approximate surface area is 94.1 Å². The second kappa shape index (κ2) is 4.62. The molecule has 5 nitrogen and oxygen atoms in total. The summed E-state index contributed by atoms with van der Waals surface area (Å²) in [5, 5.41) is 11.4. The lowest BCUT2D eigenvalue weighted by Crippen LogP contribution is -2.42. The third-order valence-electron chi connectivity index (χ3n) is 1.95. The summed E-state index contributed by atoms with van der Waals surface area (Å²) < 4.78 is 5.01. The Morgan fingerprint density at radius 2 is 2.31 bits per heavy atom. The first-order valence-electron chi connectivity index (χ1n) is 4.72. The van der Waals surface area contributed by atoms with E-state index >= 15 is 0 Å². The molecule has 0 aliphatic rings. The fourth-order valence-electron chi connectivity index (χ4n) is 1.11. The largest absolute Gasteiger partial charge is 0.494 e. The number of hydrogen-bond donors (Lipinski definition) is 1. The minimum absolute atomic E-state index is 0.356. The molecule has 0 fully saturated rings. The molecular weight excluding hydrogens is 206 g/mol. The predicted octanol–water partition coefficient (Wildman–Crippen LogP) is 1.12. The van der Waals surface area contributed by atoms with Crippen molar-refractivity contribution < 1.29 is 9.53 Å². The van der Waals surface area contributed by atoms with Crippen molar-refractivity contribution >= 4 is 5.91 Å². The van der Waals surface area contributed by atoms with Crippen molar-refractivity contribution in [1.82, 2.24) is 10.3 Å². The second-order valence-corrected chi connectivity index (χ2v) is 3.77. The molecule has 0 aliphatic heterocycles. The lowest BCUT2D eigenvalue weighted by molar-refractivity contribution is 0.0926. The molecule has 1 aromatic rings. The fourth-order valence-corrected chi connectivity index (χ4v) is 1.11. The molecule has 0 saturated carbocycles. The van der Waals surface area contributed by atoms with E-state index in [0.717, 1.165) is 0 Å². The zero-order valence-electron chi connectivity index (χ0n) is 9.44. The van der Waals surface area contributed by atoms with Crippen LogP contribution >= 0.6 is 0 Å². The van der Waals surface area contributed by atoms with Crippen molar-refractivity contribution in [3.8, 4) is 11.8 Å². The van der Waals surface area contributed by atoms with E-state index in [-0.39, 0.29) is 5.91 Å². The van der Waals surface area contributed by atoms with Gasteiger partial charge in [-0.2, -0.15) is 5.26 Å². The summed E-state index contributed by atoms with van der Waals surface area (Å²) in [7, 11) is 1.46. The number of methoxy groups -OCH3 is 1. The molecule has 0 saturated heterocycles. The Morgan fingerprint density at radius 1 is 1.62 bits per heavy atom. The molecule has 1 amide bonds. The quantitative estimate of drug-likeness (QED) is 0.826. The summed E-state index contributed by atoms with van der Waals surface area (Å²) in [6, 6.07) is 3.53.